The van der Waals surface area contributed by atoms with Crippen molar-refractivity contribution in [1.29, 1.82) is 5.26 Å². The lowest BCUT2D eigenvalue weighted by atomic mass is 10.2. The highest BCUT2D eigenvalue weighted by molar-refractivity contribution is 7.98. The molecule has 0 atom stereocenters. The van der Waals surface area contributed by atoms with Crippen LogP contribution in [0.5, 0.6) is 0 Å². The second-order valence-corrected chi connectivity index (χ2v) is 5.90. The molecule has 0 saturated carbocycles. The van der Waals surface area contributed by atoms with Crippen molar-refractivity contribution in [1.82, 2.24) is 4.98 Å². The van der Waals surface area contributed by atoms with Gasteiger partial charge in [-0.15, -0.1) is 11.8 Å². The molecule has 102 valence electrons. The van der Waals surface area contributed by atoms with E-state index in [4.69, 9.17) is 11.6 Å². The topological polar surface area (TPSA) is 36.7 Å². The van der Waals surface area contributed by atoms with Crippen molar-refractivity contribution in [3.05, 3.63) is 70.7 Å². The van der Waals surface area contributed by atoms with Crippen LogP contribution >= 0.6 is 23.4 Å². The zero-order chi connectivity index (χ0) is 14.7. The molecule has 0 radical (unpaired) electrons. The van der Waals surface area contributed by atoms with E-state index in [2.05, 4.69) is 11.1 Å². The van der Waals surface area contributed by atoms with Crippen molar-refractivity contribution < 1.29 is 0 Å². The first-order chi connectivity index (χ1) is 10.3. The van der Waals surface area contributed by atoms with Gasteiger partial charge in [-0.1, -0.05) is 48.0 Å². The molecule has 3 aromatic rings. The minimum atomic E-state index is 0.603. The van der Waals surface area contributed by atoms with Crippen molar-refractivity contribution in [2.45, 2.75) is 10.8 Å². The molecular formula is C17H11ClN2S. The van der Waals surface area contributed by atoms with E-state index in [1.807, 2.05) is 54.6 Å². The van der Waals surface area contributed by atoms with Gasteiger partial charge in [0.1, 0.15) is 11.1 Å². The van der Waals surface area contributed by atoms with Crippen LogP contribution in [-0.4, -0.2) is 4.98 Å². The highest BCUT2D eigenvalue weighted by Crippen LogP contribution is 2.29. The Morgan fingerprint density at radius 3 is 2.67 bits per heavy atom. The number of rotatable bonds is 3. The predicted octanol–water partition coefficient (Wildman–Crippen LogP) is 5.05. The average molecular weight is 311 g/mol. The molecule has 0 fully saturated rings. The summed E-state index contributed by atoms with van der Waals surface area (Å²) in [5, 5.41) is 11.8. The maximum absolute atomic E-state index is 9.30. The molecule has 0 aliphatic heterocycles. The second kappa shape index (κ2) is 6.17. The summed E-state index contributed by atoms with van der Waals surface area (Å²) in [6, 6.07) is 19.6. The van der Waals surface area contributed by atoms with Gasteiger partial charge in [-0.05, 0) is 23.8 Å². The Bertz CT molecular complexity index is 840. The van der Waals surface area contributed by atoms with Gasteiger partial charge in [-0.3, -0.25) is 0 Å². The van der Waals surface area contributed by atoms with Crippen molar-refractivity contribution in [3.8, 4) is 6.07 Å². The molecular weight excluding hydrogens is 300 g/mol. The zero-order valence-electron chi connectivity index (χ0n) is 11.1. The molecule has 0 unspecified atom stereocenters. The number of fused-ring (bicyclic) bond motifs is 1. The number of aromatic nitrogens is 1. The second-order valence-electron chi connectivity index (χ2n) is 4.53. The smallest absolute Gasteiger partial charge is 0.115 e. The first-order valence-electron chi connectivity index (χ1n) is 6.44. The van der Waals surface area contributed by atoms with E-state index in [1.54, 1.807) is 0 Å². The molecule has 0 saturated heterocycles. The molecule has 0 amide bonds. The standard InChI is InChI=1S/C17H11ClN2S/c18-15-7-3-1-6-13(15)11-21-17-14(10-19)9-12-5-2-4-8-16(12)20-17/h1-9H,11H2. The van der Waals surface area contributed by atoms with E-state index < -0.39 is 0 Å². The Balaban J connectivity index is 1.93. The van der Waals surface area contributed by atoms with Gasteiger partial charge in [0.25, 0.3) is 0 Å². The van der Waals surface area contributed by atoms with E-state index in [0.29, 0.717) is 11.3 Å². The number of benzene rings is 2. The molecule has 3 rings (SSSR count). The van der Waals surface area contributed by atoms with Gasteiger partial charge >= 0.3 is 0 Å². The number of hydrogen-bond donors (Lipinski definition) is 0. The minimum Gasteiger partial charge on any atom is -0.240 e. The molecule has 2 aromatic carbocycles. The van der Waals surface area contributed by atoms with Crippen molar-refractivity contribution in [2.24, 2.45) is 0 Å². The van der Waals surface area contributed by atoms with E-state index in [-0.39, 0.29) is 0 Å². The average Bonchev–Trinajstić information content (AvgIpc) is 2.53. The summed E-state index contributed by atoms with van der Waals surface area (Å²) in [6.07, 6.45) is 0. The van der Waals surface area contributed by atoms with E-state index >= 15 is 0 Å². The summed E-state index contributed by atoms with van der Waals surface area (Å²) < 4.78 is 0. The van der Waals surface area contributed by atoms with Gasteiger partial charge in [0, 0.05) is 16.2 Å². The highest BCUT2D eigenvalue weighted by atomic mass is 35.5. The summed E-state index contributed by atoms with van der Waals surface area (Å²) in [5.41, 5.74) is 2.55. The summed E-state index contributed by atoms with van der Waals surface area (Å²) in [4.78, 5) is 4.59. The Labute approximate surface area is 132 Å². The zero-order valence-corrected chi connectivity index (χ0v) is 12.7. The molecule has 0 bridgehead atoms. The Kier molecular flexibility index (Phi) is 4.10. The maximum Gasteiger partial charge on any atom is 0.115 e. The van der Waals surface area contributed by atoms with Crippen LogP contribution in [-0.2, 0) is 5.75 Å². The summed E-state index contributed by atoms with van der Waals surface area (Å²) in [7, 11) is 0. The van der Waals surface area contributed by atoms with Gasteiger partial charge < -0.3 is 0 Å². The quantitative estimate of drug-likeness (QED) is 0.635. The first kappa shape index (κ1) is 13.9. The lowest BCUT2D eigenvalue weighted by Gasteiger charge is -2.06. The number of pyridine rings is 1. The maximum atomic E-state index is 9.30. The van der Waals surface area contributed by atoms with Crippen LogP contribution in [0.15, 0.2) is 59.6 Å². The molecule has 1 heterocycles. The van der Waals surface area contributed by atoms with Gasteiger partial charge in [-0.25, -0.2) is 4.98 Å². The predicted molar refractivity (Wildman–Crippen MR) is 87.5 cm³/mol. The Morgan fingerprint density at radius 1 is 1.10 bits per heavy atom. The number of hydrogen-bond acceptors (Lipinski definition) is 3. The SMILES string of the molecule is N#Cc1cc2ccccc2nc1SCc1ccccc1Cl. The van der Waals surface area contributed by atoms with Crippen LogP contribution in [0, 0.1) is 11.3 Å². The number of para-hydroxylation sites is 1. The van der Waals surface area contributed by atoms with Crippen LogP contribution in [0.4, 0.5) is 0 Å². The molecule has 21 heavy (non-hydrogen) atoms. The van der Waals surface area contributed by atoms with Crippen LogP contribution in [0.25, 0.3) is 10.9 Å². The largest absolute Gasteiger partial charge is 0.240 e. The summed E-state index contributed by atoms with van der Waals surface area (Å²) in [6.45, 7) is 0. The number of halogens is 1. The normalized spacial score (nSPS) is 10.5. The minimum absolute atomic E-state index is 0.603. The number of thioether (sulfide) groups is 1. The number of nitrogens with zero attached hydrogens (tertiary/aromatic N) is 2. The van der Waals surface area contributed by atoms with Crippen LogP contribution in [0.2, 0.25) is 5.02 Å². The molecule has 0 N–H and O–H groups in total. The monoisotopic (exact) mass is 310 g/mol. The van der Waals surface area contributed by atoms with Crippen molar-refractivity contribution in [3.63, 3.8) is 0 Å². The fourth-order valence-corrected chi connectivity index (χ4v) is 3.30. The highest BCUT2D eigenvalue weighted by Gasteiger charge is 2.08. The third-order valence-corrected chi connectivity index (χ3v) is 4.54. The van der Waals surface area contributed by atoms with Crippen LogP contribution in [0.3, 0.4) is 0 Å². The number of nitriles is 1. The molecule has 4 heteroatoms. The third-order valence-electron chi connectivity index (χ3n) is 3.13. The lowest BCUT2D eigenvalue weighted by molar-refractivity contribution is 1.16. The fraction of sp³-hybridized carbons (Fsp3) is 0.0588. The Hall–Kier alpha value is -2.02. The van der Waals surface area contributed by atoms with Gasteiger partial charge in [0.15, 0.2) is 0 Å². The van der Waals surface area contributed by atoms with Gasteiger partial charge in [0.05, 0.1) is 11.1 Å². The molecule has 2 nitrogen and oxygen atoms in total. The molecule has 0 aliphatic rings. The van der Waals surface area contributed by atoms with E-state index in [0.717, 1.165) is 26.5 Å². The van der Waals surface area contributed by atoms with E-state index in [1.165, 1.54) is 11.8 Å². The van der Waals surface area contributed by atoms with Gasteiger partial charge in [-0.2, -0.15) is 5.26 Å². The third kappa shape index (κ3) is 3.02. The van der Waals surface area contributed by atoms with E-state index in [9.17, 15) is 5.26 Å². The molecule has 1 aromatic heterocycles. The Morgan fingerprint density at radius 2 is 1.86 bits per heavy atom. The lowest BCUT2D eigenvalue weighted by Crippen LogP contribution is -1.90. The van der Waals surface area contributed by atoms with Gasteiger partial charge in [0.2, 0.25) is 0 Å². The van der Waals surface area contributed by atoms with Crippen molar-refractivity contribution in [2.75, 3.05) is 0 Å². The summed E-state index contributed by atoms with van der Waals surface area (Å²) >= 11 is 7.70. The fourth-order valence-electron chi connectivity index (χ4n) is 2.05. The van der Waals surface area contributed by atoms with Crippen LogP contribution < -0.4 is 0 Å². The molecule has 0 aliphatic carbocycles. The van der Waals surface area contributed by atoms with Crippen molar-refractivity contribution >= 4 is 34.3 Å². The molecule has 0 spiro atoms. The summed E-state index contributed by atoms with van der Waals surface area (Å²) in [5.74, 6) is 0.694. The first-order valence-corrected chi connectivity index (χ1v) is 7.80. The van der Waals surface area contributed by atoms with Crippen LogP contribution in [0.1, 0.15) is 11.1 Å².